The van der Waals surface area contributed by atoms with Gasteiger partial charge in [0.05, 0.1) is 6.10 Å². The van der Waals surface area contributed by atoms with Crippen molar-refractivity contribution in [3.05, 3.63) is 29.8 Å². The van der Waals surface area contributed by atoms with Crippen LogP contribution in [0.25, 0.3) is 0 Å². The molecular formula is C15H22N2O2. The number of amides is 1. The summed E-state index contributed by atoms with van der Waals surface area (Å²) in [4.78, 5) is 15.4. The lowest BCUT2D eigenvalue weighted by Gasteiger charge is -2.35. The fraction of sp³-hybridized carbons (Fsp3) is 0.533. The van der Waals surface area contributed by atoms with Crippen molar-refractivity contribution >= 4 is 11.6 Å². The first-order chi connectivity index (χ1) is 9.11. The van der Waals surface area contributed by atoms with Crippen molar-refractivity contribution in [3.8, 4) is 0 Å². The standard InChI is InChI=1S/C15H22N2O2/c1-3-15(19)13-4-6-14(7-5-13)17-10-8-16(9-11-17)12(2)18/h4-7,15,19H,3,8-11H2,1-2H3/t15-/m0/s1. The molecule has 0 unspecified atom stereocenters. The van der Waals surface area contributed by atoms with Gasteiger partial charge in [0.1, 0.15) is 0 Å². The van der Waals surface area contributed by atoms with E-state index < -0.39 is 0 Å². The average molecular weight is 262 g/mol. The summed E-state index contributed by atoms with van der Waals surface area (Å²) in [6, 6.07) is 8.08. The van der Waals surface area contributed by atoms with Gasteiger partial charge < -0.3 is 14.9 Å². The molecule has 104 valence electrons. The molecule has 4 nitrogen and oxygen atoms in total. The molecule has 1 amide bonds. The van der Waals surface area contributed by atoms with E-state index in [0.717, 1.165) is 43.9 Å². The maximum atomic E-state index is 11.3. The van der Waals surface area contributed by atoms with E-state index in [1.165, 1.54) is 0 Å². The van der Waals surface area contributed by atoms with Crippen LogP contribution in [-0.2, 0) is 4.79 Å². The molecule has 19 heavy (non-hydrogen) atoms. The molecule has 0 aliphatic carbocycles. The van der Waals surface area contributed by atoms with Crippen molar-refractivity contribution in [3.63, 3.8) is 0 Å². The minimum Gasteiger partial charge on any atom is -0.388 e. The fourth-order valence-electron chi connectivity index (χ4n) is 2.42. The van der Waals surface area contributed by atoms with Gasteiger partial charge >= 0.3 is 0 Å². The van der Waals surface area contributed by atoms with E-state index in [4.69, 9.17) is 0 Å². The van der Waals surface area contributed by atoms with Gasteiger partial charge in [0, 0.05) is 38.8 Å². The number of aliphatic hydroxyl groups is 1. The van der Waals surface area contributed by atoms with Crippen LogP contribution in [0.1, 0.15) is 31.9 Å². The molecule has 0 bridgehead atoms. The third-order valence-corrected chi connectivity index (χ3v) is 3.75. The predicted octanol–water partition coefficient (Wildman–Crippen LogP) is 1.80. The van der Waals surface area contributed by atoms with E-state index in [9.17, 15) is 9.90 Å². The molecule has 2 rings (SSSR count). The van der Waals surface area contributed by atoms with Gasteiger partial charge in [0.15, 0.2) is 0 Å². The smallest absolute Gasteiger partial charge is 0.219 e. The number of hydrogen-bond acceptors (Lipinski definition) is 3. The third kappa shape index (κ3) is 3.26. The lowest BCUT2D eigenvalue weighted by molar-refractivity contribution is -0.129. The van der Waals surface area contributed by atoms with E-state index in [1.807, 2.05) is 24.0 Å². The topological polar surface area (TPSA) is 43.8 Å². The van der Waals surface area contributed by atoms with Crippen LogP contribution in [-0.4, -0.2) is 42.1 Å². The maximum absolute atomic E-state index is 11.3. The number of anilines is 1. The molecule has 4 heteroatoms. The molecular weight excluding hydrogens is 240 g/mol. The van der Waals surface area contributed by atoms with Crippen LogP contribution < -0.4 is 4.90 Å². The largest absolute Gasteiger partial charge is 0.388 e. The Labute approximate surface area is 114 Å². The van der Waals surface area contributed by atoms with Crippen molar-refractivity contribution in [1.82, 2.24) is 4.90 Å². The Morgan fingerprint density at radius 3 is 2.26 bits per heavy atom. The second-order valence-electron chi connectivity index (χ2n) is 5.01. The minimum atomic E-state index is -0.372. The molecule has 1 heterocycles. The van der Waals surface area contributed by atoms with E-state index >= 15 is 0 Å². The quantitative estimate of drug-likeness (QED) is 0.903. The van der Waals surface area contributed by atoms with Crippen LogP contribution in [0.4, 0.5) is 5.69 Å². The van der Waals surface area contributed by atoms with Crippen LogP contribution in [0, 0.1) is 0 Å². The third-order valence-electron chi connectivity index (χ3n) is 3.75. The van der Waals surface area contributed by atoms with Crippen LogP contribution in [0.5, 0.6) is 0 Å². The van der Waals surface area contributed by atoms with E-state index in [1.54, 1.807) is 6.92 Å². The molecule has 0 aromatic heterocycles. The summed E-state index contributed by atoms with van der Waals surface area (Å²) in [7, 11) is 0. The molecule has 1 aromatic rings. The number of hydrogen-bond donors (Lipinski definition) is 1. The molecule has 1 N–H and O–H groups in total. The highest BCUT2D eigenvalue weighted by atomic mass is 16.3. The predicted molar refractivity (Wildman–Crippen MR) is 76.2 cm³/mol. The second-order valence-corrected chi connectivity index (χ2v) is 5.01. The molecule has 1 aromatic carbocycles. The number of piperazine rings is 1. The van der Waals surface area contributed by atoms with Crippen molar-refractivity contribution in [2.24, 2.45) is 0 Å². The lowest BCUT2D eigenvalue weighted by Crippen LogP contribution is -2.48. The van der Waals surface area contributed by atoms with Gasteiger partial charge in [0.2, 0.25) is 5.91 Å². The van der Waals surface area contributed by atoms with E-state index in [2.05, 4.69) is 17.0 Å². The van der Waals surface area contributed by atoms with Gasteiger partial charge in [-0.2, -0.15) is 0 Å². The number of carbonyl (C=O) groups is 1. The molecule has 1 fully saturated rings. The Bertz CT molecular complexity index is 422. The molecule has 1 aliphatic rings. The number of aliphatic hydroxyl groups excluding tert-OH is 1. The molecule has 0 spiro atoms. The van der Waals surface area contributed by atoms with Crippen LogP contribution >= 0.6 is 0 Å². The summed E-state index contributed by atoms with van der Waals surface area (Å²) in [6.45, 7) is 6.91. The van der Waals surface area contributed by atoms with Gasteiger partial charge in [-0.05, 0) is 24.1 Å². The summed E-state index contributed by atoms with van der Waals surface area (Å²) in [5, 5.41) is 9.77. The van der Waals surface area contributed by atoms with Crippen LogP contribution in [0.2, 0.25) is 0 Å². The van der Waals surface area contributed by atoms with Crippen LogP contribution in [0.15, 0.2) is 24.3 Å². The first-order valence-electron chi connectivity index (χ1n) is 6.90. The highest BCUT2D eigenvalue weighted by Crippen LogP contribution is 2.22. The summed E-state index contributed by atoms with van der Waals surface area (Å²) >= 11 is 0. The molecule has 1 aliphatic heterocycles. The summed E-state index contributed by atoms with van der Waals surface area (Å²) < 4.78 is 0. The highest BCUT2D eigenvalue weighted by Gasteiger charge is 2.18. The highest BCUT2D eigenvalue weighted by molar-refractivity contribution is 5.73. The van der Waals surface area contributed by atoms with Crippen molar-refractivity contribution < 1.29 is 9.90 Å². The summed E-state index contributed by atoms with van der Waals surface area (Å²) in [5.41, 5.74) is 2.13. The maximum Gasteiger partial charge on any atom is 0.219 e. The first-order valence-corrected chi connectivity index (χ1v) is 6.90. The molecule has 0 saturated carbocycles. The zero-order chi connectivity index (χ0) is 13.8. The van der Waals surface area contributed by atoms with Gasteiger partial charge in [-0.15, -0.1) is 0 Å². The second kappa shape index (κ2) is 6.06. The molecule has 1 atom stereocenters. The number of carbonyl (C=O) groups excluding carboxylic acids is 1. The SMILES string of the molecule is CC[C@H](O)c1ccc(N2CCN(C(C)=O)CC2)cc1. The average Bonchev–Trinajstić information content (AvgIpc) is 2.46. The summed E-state index contributed by atoms with van der Waals surface area (Å²) in [5.74, 6) is 0.154. The fourth-order valence-corrected chi connectivity index (χ4v) is 2.42. The van der Waals surface area contributed by atoms with E-state index in [-0.39, 0.29) is 12.0 Å². The Hall–Kier alpha value is -1.55. The molecule has 0 radical (unpaired) electrons. The van der Waals surface area contributed by atoms with Gasteiger partial charge in [0.25, 0.3) is 0 Å². The van der Waals surface area contributed by atoms with Gasteiger partial charge in [-0.1, -0.05) is 19.1 Å². The lowest BCUT2D eigenvalue weighted by atomic mass is 10.1. The molecule has 1 saturated heterocycles. The first kappa shape index (κ1) is 13.9. The number of nitrogens with zero attached hydrogens (tertiary/aromatic N) is 2. The van der Waals surface area contributed by atoms with Gasteiger partial charge in [-0.25, -0.2) is 0 Å². The monoisotopic (exact) mass is 262 g/mol. The Morgan fingerprint density at radius 2 is 1.79 bits per heavy atom. The van der Waals surface area contributed by atoms with Crippen molar-refractivity contribution in [2.75, 3.05) is 31.1 Å². The Balaban J connectivity index is 1.98. The minimum absolute atomic E-state index is 0.154. The van der Waals surface area contributed by atoms with E-state index in [0.29, 0.717) is 0 Å². The van der Waals surface area contributed by atoms with Crippen molar-refractivity contribution in [1.29, 1.82) is 0 Å². The number of benzene rings is 1. The Morgan fingerprint density at radius 1 is 1.21 bits per heavy atom. The van der Waals surface area contributed by atoms with Gasteiger partial charge in [-0.3, -0.25) is 4.79 Å². The van der Waals surface area contributed by atoms with Crippen LogP contribution in [0.3, 0.4) is 0 Å². The number of rotatable bonds is 3. The summed E-state index contributed by atoms with van der Waals surface area (Å²) in [6.07, 6.45) is 0.361. The zero-order valence-electron chi connectivity index (χ0n) is 11.7. The zero-order valence-corrected chi connectivity index (χ0v) is 11.7. The Kier molecular flexibility index (Phi) is 4.43. The normalized spacial score (nSPS) is 17.4. The van der Waals surface area contributed by atoms with Crippen molar-refractivity contribution in [2.45, 2.75) is 26.4 Å².